The molecule has 3 aromatic rings. The molecule has 3 rings (SSSR count). The van der Waals surface area contributed by atoms with E-state index in [2.05, 4.69) is 20.8 Å². The van der Waals surface area contributed by atoms with Gasteiger partial charge in [-0.05, 0) is 36.4 Å². The van der Waals surface area contributed by atoms with Crippen LogP contribution in [-0.4, -0.2) is 32.3 Å². The Bertz CT molecular complexity index is 1080. The lowest BCUT2D eigenvalue weighted by Gasteiger charge is -2.08. The maximum Gasteiger partial charge on any atom is 0.234 e. The van der Waals surface area contributed by atoms with E-state index in [1.807, 2.05) is 0 Å². The highest BCUT2D eigenvalue weighted by Gasteiger charge is 2.16. The van der Waals surface area contributed by atoms with Gasteiger partial charge in [0.15, 0.2) is 5.16 Å². The number of amides is 2. The number of hydrogen-bond acceptors (Lipinski definition) is 5. The van der Waals surface area contributed by atoms with Crippen LogP contribution in [0.15, 0.2) is 47.6 Å². The lowest BCUT2D eigenvalue weighted by Crippen LogP contribution is -2.17. The van der Waals surface area contributed by atoms with E-state index in [9.17, 15) is 14.0 Å². The maximum absolute atomic E-state index is 12.9. The van der Waals surface area contributed by atoms with Crippen molar-refractivity contribution >= 4 is 58.2 Å². The van der Waals surface area contributed by atoms with Gasteiger partial charge >= 0.3 is 0 Å². The molecule has 0 atom stereocenters. The fourth-order valence-electron chi connectivity index (χ4n) is 2.42. The van der Waals surface area contributed by atoms with Gasteiger partial charge in [0.1, 0.15) is 11.6 Å². The molecule has 0 saturated heterocycles. The molecule has 0 unspecified atom stereocenters. The number of rotatable bonds is 7. The van der Waals surface area contributed by atoms with E-state index < -0.39 is 0 Å². The zero-order valence-electron chi connectivity index (χ0n) is 15.7. The summed E-state index contributed by atoms with van der Waals surface area (Å²) >= 11 is 13.2. The van der Waals surface area contributed by atoms with Crippen LogP contribution >= 0.6 is 35.0 Å². The number of carbonyl (C=O) groups excluding carboxylic acids is 2. The molecule has 2 N–H and O–H groups in total. The van der Waals surface area contributed by atoms with E-state index >= 15 is 0 Å². The highest BCUT2D eigenvalue weighted by molar-refractivity contribution is 7.99. The van der Waals surface area contributed by atoms with Crippen LogP contribution in [0, 0.1) is 5.82 Å². The Labute approximate surface area is 186 Å². The Morgan fingerprint density at radius 1 is 1.07 bits per heavy atom. The van der Waals surface area contributed by atoms with Gasteiger partial charge in [-0.3, -0.25) is 9.59 Å². The molecule has 1 heterocycles. The van der Waals surface area contributed by atoms with E-state index in [0.29, 0.717) is 27.4 Å². The molecule has 156 valence electrons. The van der Waals surface area contributed by atoms with E-state index in [1.54, 1.807) is 29.8 Å². The summed E-state index contributed by atoms with van der Waals surface area (Å²) in [6.45, 7) is 0. The van der Waals surface area contributed by atoms with Crippen molar-refractivity contribution < 1.29 is 14.0 Å². The second-order valence-electron chi connectivity index (χ2n) is 6.13. The highest BCUT2D eigenvalue weighted by atomic mass is 35.5. The summed E-state index contributed by atoms with van der Waals surface area (Å²) in [6.07, 6.45) is -0.0331. The van der Waals surface area contributed by atoms with Crippen LogP contribution in [0.25, 0.3) is 0 Å². The zero-order valence-corrected chi connectivity index (χ0v) is 18.0. The van der Waals surface area contributed by atoms with Crippen molar-refractivity contribution in [3.63, 3.8) is 0 Å². The van der Waals surface area contributed by atoms with E-state index in [0.717, 1.165) is 0 Å². The first-order valence-electron chi connectivity index (χ1n) is 8.64. The zero-order chi connectivity index (χ0) is 21.7. The van der Waals surface area contributed by atoms with Crippen LogP contribution in [-0.2, 0) is 23.1 Å². The maximum atomic E-state index is 12.9. The number of anilines is 2. The Balaban J connectivity index is 1.55. The fourth-order valence-corrected chi connectivity index (χ4v) is 3.50. The Hall–Kier alpha value is -2.62. The molecule has 2 amide bonds. The van der Waals surface area contributed by atoms with E-state index in [-0.39, 0.29) is 34.8 Å². The number of halogens is 3. The number of hydrogen-bond donors (Lipinski definition) is 2. The number of thioether (sulfide) groups is 1. The molecule has 11 heteroatoms. The van der Waals surface area contributed by atoms with Gasteiger partial charge in [0.2, 0.25) is 11.8 Å². The minimum atomic E-state index is -0.379. The largest absolute Gasteiger partial charge is 0.325 e. The Morgan fingerprint density at radius 2 is 1.80 bits per heavy atom. The number of nitrogens with one attached hydrogen (secondary N) is 2. The summed E-state index contributed by atoms with van der Waals surface area (Å²) in [7, 11) is 1.70. The number of benzene rings is 2. The predicted octanol–water partition coefficient (Wildman–Crippen LogP) is 4.17. The van der Waals surface area contributed by atoms with Crippen molar-refractivity contribution in [1.82, 2.24) is 14.8 Å². The minimum absolute atomic E-state index is 0.0331. The number of aromatic nitrogens is 3. The normalized spacial score (nSPS) is 10.7. The van der Waals surface area contributed by atoms with E-state index in [4.69, 9.17) is 23.2 Å². The molecule has 0 aliphatic heterocycles. The summed E-state index contributed by atoms with van der Waals surface area (Å²) in [5.74, 6) is -0.485. The van der Waals surface area contributed by atoms with Crippen molar-refractivity contribution in [2.75, 3.05) is 16.4 Å². The summed E-state index contributed by atoms with van der Waals surface area (Å²) in [5, 5.41) is 14.4. The van der Waals surface area contributed by atoms with Crippen molar-refractivity contribution in [1.29, 1.82) is 0 Å². The smallest absolute Gasteiger partial charge is 0.234 e. The number of carbonyl (C=O) groups is 2. The monoisotopic (exact) mass is 467 g/mol. The van der Waals surface area contributed by atoms with Crippen LogP contribution in [0.1, 0.15) is 5.82 Å². The van der Waals surface area contributed by atoms with Crippen LogP contribution in [0.4, 0.5) is 15.8 Å². The standard InChI is InChI=1S/C19H16Cl2FN5O2S/c1-27-15(9-16(28)24-14-4-2-3-13(20)18(14)21)25-26-19(27)30-10-17(29)23-12-7-5-11(22)6-8-12/h2-8H,9-10H2,1H3,(H,23,29)(H,24,28). The summed E-state index contributed by atoms with van der Waals surface area (Å²) in [5.41, 5.74) is 0.903. The lowest BCUT2D eigenvalue weighted by atomic mass is 10.3. The average Bonchev–Trinajstić information content (AvgIpc) is 3.05. The third-order valence-electron chi connectivity index (χ3n) is 3.93. The molecule has 0 radical (unpaired) electrons. The average molecular weight is 468 g/mol. The molecule has 1 aromatic heterocycles. The lowest BCUT2D eigenvalue weighted by molar-refractivity contribution is -0.116. The highest BCUT2D eigenvalue weighted by Crippen LogP contribution is 2.29. The second-order valence-corrected chi connectivity index (χ2v) is 7.86. The molecule has 30 heavy (non-hydrogen) atoms. The molecule has 0 fully saturated rings. The van der Waals surface area contributed by atoms with Gasteiger partial charge in [-0.15, -0.1) is 10.2 Å². The van der Waals surface area contributed by atoms with Crippen molar-refractivity contribution in [2.45, 2.75) is 11.6 Å². The first-order chi connectivity index (χ1) is 14.3. The number of nitrogens with zero attached hydrogens (tertiary/aromatic N) is 3. The molecule has 7 nitrogen and oxygen atoms in total. The second kappa shape index (κ2) is 9.92. The van der Waals surface area contributed by atoms with E-state index in [1.165, 1.54) is 36.0 Å². The van der Waals surface area contributed by atoms with Gasteiger partial charge in [0, 0.05) is 12.7 Å². The molecule has 0 saturated carbocycles. The molecular formula is C19H16Cl2FN5O2S. The third-order valence-corrected chi connectivity index (χ3v) is 5.77. The van der Waals surface area contributed by atoms with Crippen LogP contribution in [0.3, 0.4) is 0 Å². The molecule has 2 aromatic carbocycles. The molecule has 0 aliphatic carbocycles. The van der Waals surface area contributed by atoms with Crippen LogP contribution < -0.4 is 10.6 Å². The molecular weight excluding hydrogens is 452 g/mol. The molecule has 0 bridgehead atoms. The van der Waals surface area contributed by atoms with Gasteiger partial charge in [-0.1, -0.05) is 41.0 Å². The molecule has 0 spiro atoms. The van der Waals surface area contributed by atoms with Gasteiger partial charge in [0.25, 0.3) is 0 Å². The van der Waals surface area contributed by atoms with Crippen LogP contribution in [0.5, 0.6) is 0 Å². The van der Waals surface area contributed by atoms with Gasteiger partial charge in [0.05, 0.1) is 27.9 Å². The summed E-state index contributed by atoms with van der Waals surface area (Å²) < 4.78 is 14.5. The summed E-state index contributed by atoms with van der Waals surface area (Å²) in [6, 6.07) is 10.4. The Kier molecular flexibility index (Phi) is 7.30. The SMILES string of the molecule is Cn1c(CC(=O)Nc2cccc(Cl)c2Cl)nnc1SCC(=O)Nc1ccc(F)cc1. The topological polar surface area (TPSA) is 88.9 Å². The minimum Gasteiger partial charge on any atom is -0.325 e. The van der Waals surface area contributed by atoms with Crippen molar-refractivity contribution in [2.24, 2.45) is 7.05 Å². The van der Waals surface area contributed by atoms with Gasteiger partial charge in [-0.25, -0.2) is 4.39 Å². The summed E-state index contributed by atoms with van der Waals surface area (Å²) in [4.78, 5) is 24.4. The van der Waals surface area contributed by atoms with Crippen LogP contribution in [0.2, 0.25) is 10.0 Å². The molecule has 0 aliphatic rings. The van der Waals surface area contributed by atoms with Gasteiger partial charge < -0.3 is 15.2 Å². The quantitative estimate of drug-likeness (QED) is 0.508. The Morgan fingerprint density at radius 3 is 2.53 bits per heavy atom. The predicted molar refractivity (Wildman–Crippen MR) is 116 cm³/mol. The fraction of sp³-hybridized carbons (Fsp3) is 0.158. The third kappa shape index (κ3) is 5.71. The van der Waals surface area contributed by atoms with Gasteiger partial charge in [-0.2, -0.15) is 0 Å². The first kappa shape index (κ1) is 22.1. The first-order valence-corrected chi connectivity index (χ1v) is 10.4. The van der Waals surface area contributed by atoms with Crippen molar-refractivity contribution in [3.8, 4) is 0 Å². The van der Waals surface area contributed by atoms with Crippen molar-refractivity contribution in [3.05, 3.63) is 64.2 Å².